The fourth-order valence-electron chi connectivity index (χ4n) is 3.12. The van der Waals surface area contributed by atoms with Gasteiger partial charge in [0.15, 0.2) is 5.78 Å². The van der Waals surface area contributed by atoms with E-state index in [0.717, 1.165) is 31.6 Å². The normalized spacial score (nSPS) is 18.0. The lowest BCUT2D eigenvalue weighted by Crippen LogP contribution is -2.42. The molecule has 1 aromatic carbocycles. The highest BCUT2D eigenvalue weighted by Crippen LogP contribution is 2.25. The quantitative estimate of drug-likeness (QED) is 0.881. The van der Waals surface area contributed by atoms with E-state index in [4.69, 9.17) is 0 Å². The average Bonchev–Trinajstić information content (AvgIpc) is 2.94. The molecule has 0 bridgehead atoms. The number of nitrogens with zero attached hydrogens (tertiary/aromatic N) is 3. The predicted octanol–water partition coefficient (Wildman–Crippen LogP) is 2.84. The average molecular weight is 316 g/mol. The van der Waals surface area contributed by atoms with Gasteiger partial charge in [0, 0.05) is 38.1 Å². The summed E-state index contributed by atoms with van der Waals surface area (Å²) < 4.78 is 15.7. The molecule has 2 heterocycles. The number of ketones is 1. The van der Waals surface area contributed by atoms with E-state index < -0.39 is 5.82 Å². The Kier molecular flexibility index (Phi) is 4.32. The molecule has 1 saturated heterocycles. The molecule has 1 N–H and O–H groups in total. The zero-order valence-corrected chi connectivity index (χ0v) is 13.4. The number of hydrogen-bond donors (Lipinski definition) is 1. The van der Waals surface area contributed by atoms with Gasteiger partial charge in [0.05, 0.1) is 17.4 Å². The van der Waals surface area contributed by atoms with Crippen molar-refractivity contribution in [1.82, 2.24) is 9.78 Å². The summed E-state index contributed by atoms with van der Waals surface area (Å²) in [5.74, 6) is -0.729. The molecule has 0 radical (unpaired) electrons. The van der Waals surface area contributed by atoms with Crippen molar-refractivity contribution >= 4 is 17.2 Å². The molecule has 122 valence electrons. The third-order valence-corrected chi connectivity index (χ3v) is 4.20. The Hall–Kier alpha value is -2.37. The monoisotopic (exact) mass is 316 g/mol. The fraction of sp³-hybridized carbons (Fsp3) is 0.412. The van der Waals surface area contributed by atoms with E-state index in [2.05, 4.69) is 15.3 Å². The highest BCUT2D eigenvalue weighted by Gasteiger charge is 2.23. The van der Waals surface area contributed by atoms with Gasteiger partial charge >= 0.3 is 0 Å². The van der Waals surface area contributed by atoms with Gasteiger partial charge < -0.3 is 10.2 Å². The van der Waals surface area contributed by atoms with Gasteiger partial charge in [-0.2, -0.15) is 5.10 Å². The van der Waals surface area contributed by atoms with Crippen LogP contribution in [0.25, 0.3) is 0 Å². The molecular formula is C17H21FN4O. The van der Waals surface area contributed by atoms with Crippen LogP contribution in [0.3, 0.4) is 0 Å². The molecular weight excluding hydrogens is 295 g/mol. The molecule has 23 heavy (non-hydrogen) atoms. The molecule has 3 rings (SSSR count). The summed E-state index contributed by atoms with van der Waals surface area (Å²) in [5, 5.41) is 7.56. The second-order valence-corrected chi connectivity index (χ2v) is 6.02. The maximum Gasteiger partial charge on any atom is 0.164 e. The van der Waals surface area contributed by atoms with E-state index in [-0.39, 0.29) is 17.4 Å². The maximum absolute atomic E-state index is 13.9. The van der Waals surface area contributed by atoms with Crippen LogP contribution < -0.4 is 10.2 Å². The van der Waals surface area contributed by atoms with Crippen molar-refractivity contribution in [2.45, 2.75) is 25.8 Å². The highest BCUT2D eigenvalue weighted by atomic mass is 19.1. The molecule has 1 aromatic heterocycles. The minimum absolute atomic E-state index is 0.144. The van der Waals surface area contributed by atoms with Crippen molar-refractivity contribution in [2.24, 2.45) is 7.05 Å². The zero-order valence-electron chi connectivity index (χ0n) is 13.4. The fourth-order valence-corrected chi connectivity index (χ4v) is 3.12. The Morgan fingerprint density at radius 1 is 1.43 bits per heavy atom. The molecule has 1 fully saturated rings. The van der Waals surface area contributed by atoms with Gasteiger partial charge in [0.25, 0.3) is 0 Å². The first-order chi connectivity index (χ1) is 11.0. The second kappa shape index (κ2) is 6.40. The number of aromatic nitrogens is 2. The minimum atomic E-state index is -0.470. The van der Waals surface area contributed by atoms with Crippen LogP contribution in [0.4, 0.5) is 15.8 Å². The Morgan fingerprint density at radius 2 is 2.26 bits per heavy atom. The van der Waals surface area contributed by atoms with Gasteiger partial charge in [-0.3, -0.25) is 9.48 Å². The summed E-state index contributed by atoms with van der Waals surface area (Å²) in [6.07, 6.45) is 5.87. The van der Waals surface area contributed by atoms with Gasteiger partial charge in [-0.05, 0) is 31.9 Å². The molecule has 0 aliphatic carbocycles. The van der Waals surface area contributed by atoms with Crippen molar-refractivity contribution in [3.8, 4) is 0 Å². The number of Topliss-reactive ketones (excluding diaryl/α,β-unsaturated/α-hetero) is 1. The molecule has 5 nitrogen and oxygen atoms in total. The summed E-state index contributed by atoms with van der Waals surface area (Å²) in [6.45, 7) is 3.18. The van der Waals surface area contributed by atoms with Crippen molar-refractivity contribution in [1.29, 1.82) is 0 Å². The van der Waals surface area contributed by atoms with Crippen LogP contribution >= 0.6 is 0 Å². The van der Waals surface area contributed by atoms with Gasteiger partial charge in [0.1, 0.15) is 5.82 Å². The highest BCUT2D eigenvalue weighted by molar-refractivity contribution is 5.99. The van der Waals surface area contributed by atoms with Crippen molar-refractivity contribution in [3.05, 3.63) is 42.0 Å². The Morgan fingerprint density at radius 3 is 2.96 bits per heavy atom. The second-order valence-electron chi connectivity index (χ2n) is 6.02. The number of carbonyl (C=O) groups is 1. The largest absolute Gasteiger partial charge is 0.380 e. The van der Waals surface area contributed by atoms with Crippen molar-refractivity contribution < 1.29 is 9.18 Å². The van der Waals surface area contributed by atoms with Crippen LogP contribution in [0.1, 0.15) is 30.1 Å². The van der Waals surface area contributed by atoms with Gasteiger partial charge in [-0.15, -0.1) is 0 Å². The Labute approximate surface area is 135 Å². The lowest BCUT2D eigenvalue weighted by molar-refractivity contribution is 0.101. The number of hydrogen-bond acceptors (Lipinski definition) is 4. The van der Waals surface area contributed by atoms with Crippen LogP contribution in [0.2, 0.25) is 0 Å². The standard InChI is InChI=1S/C17H21FN4O/c1-12(23)17-15(18)6-3-7-16(17)20-13-5-4-8-22(10-13)14-9-19-21(2)11-14/h3,6-7,9,11,13,20H,4-5,8,10H2,1-2H3/t13-/m1/s1. The Balaban J connectivity index is 1.76. The molecule has 1 aliphatic rings. The lowest BCUT2D eigenvalue weighted by atomic mass is 10.0. The van der Waals surface area contributed by atoms with Crippen molar-refractivity contribution in [2.75, 3.05) is 23.3 Å². The molecule has 0 amide bonds. The van der Waals surface area contributed by atoms with Crippen LogP contribution in [0.15, 0.2) is 30.6 Å². The number of anilines is 2. The summed E-state index contributed by atoms with van der Waals surface area (Å²) in [6, 6.07) is 4.89. The number of halogens is 1. The van der Waals surface area contributed by atoms with E-state index in [1.807, 2.05) is 19.4 Å². The summed E-state index contributed by atoms with van der Waals surface area (Å²) >= 11 is 0. The molecule has 6 heteroatoms. The molecule has 1 atom stereocenters. The summed E-state index contributed by atoms with van der Waals surface area (Å²) in [7, 11) is 1.90. The van der Waals surface area contributed by atoms with Gasteiger partial charge in [0.2, 0.25) is 0 Å². The SMILES string of the molecule is CC(=O)c1c(F)cccc1N[C@@H]1CCCN(c2cnn(C)c2)C1. The first kappa shape index (κ1) is 15.5. The van der Waals surface area contributed by atoms with Crippen LogP contribution in [-0.2, 0) is 7.05 Å². The van der Waals surface area contributed by atoms with E-state index in [0.29, 0.717) is 5.69 Å². The number of piperidine rings is 1. The topological polar surface area (TPSA) is 50.2 Å². The molecule has 0 saturated carbocycles. The zero-order chi connectivity index (χ0) is 16.4. The van der Waals surface area contributed by atoms with Crippen LogP contribution in [-0.4, -0.2) is 34.7 Å². The van der Waals surface area contributed by atoms with Crippen molar-refractivity contribution in [3.63, 3.8) is 0 Å². The number of aryl methyl sites for hydroxylation is 1. The first-order valence-corrected chi connectivity index (χ1v) is 7.84. The molecule has 1 aliphatic heterocycles. The van der Waals surface area contributed by atoms with Crippen LogP contribution in [0.5, 0.6) is 0 Å². The van der Waals surface area contributed by atoms with Gasteiger partial charge in [-0.1, -0.05) is 6.07 Å². The van der Waals surface area contributed by atoms with E-state index in [1.54, 1.807) is 16.8 Å². The number of nitrogens with one attached hydrogen (secondary N) is 1. The lowest BCUT2D eigenvalue weighted by Gasteiger charge is -2.34. The Bertz CT molecular complexity index is 712. The summed E-state index contributed by atoms with van der Waals surface area (Å²) in [5.41, 5.74) is 1.81. The van der Waals surface area contributed by atoms with E-state index in [1.165, 1.54) is 13.0 Å². The van der Waals surface area contributed by atoms with Gasteiger partial charge in [-0.25, -0.2) is 4.39 Å². The smallest absolute Gasteiger partial charge is 0.164 e. The van der Waals surface area contributed by atoms with Crippen LogP contribution in [0, 0.1) is 5.82 Å². The molecule has 2 aromatic rings. The third-order valence-electron chi connectivity index (χ3n) is 4.20. The number of carbonyl (C=O) groups excluding carboxylic acids is 1. The van der Waals surface area contributed by atoms with E-state index in [9.17, 15) is 9.18 Å². The summed E-state index contributed by atoms with van der Waals surface area (Å²) in [4.78, 5) is 14.0. The molecule has 0 spiro atoms. The first-order valence-electron chi connectivity index (χ1n) is 7.84. The van der Waals surface area contributed by atoms with E-state index >= 15 is 0 Å². The maximum atomic E-state index is 13.9. The number of rotatable bonds is 4. The molecule has 0 unspecified atom stereocenters. The third kappa shape index (κ3) is 3.36. The predicted molar refractivity (Wildman–Crippen MR) is 88.5 cm³/mol. The number of benzene rings is 1. The minimum Gasteiger partial charge on any atom is -0.380 e.